The van der Waals surface area contributed by atoms with Crippen LogP contribution in [0.5, 0.6) is 0 Å². The molecule has 2 aromatic rings. The summed E-state index contributed by atoms with van der Waals surface area (Å²) in [5.74, 6) is -0.444. The number of carbonyl (C=O) groups excluding carboxylic acids is 1. The first-order valence-electron chi connectivity index (χ1n) is 5.21. The third kappa shape index (κ3) is 2.91. The van der Waals surface area contributed by atoms with E-state index in [-0.39, 0.29) is 16.5 Å². The van der Waals surface area contributed by atoms with E-state index in [2.05, 4.69) is 31.2 Å². The van der Waals surface area contributed by atoms with E-state index < -0.39 is 16.5 Å². The van der Waals surface area contributed by atoms with Crippen molar-refractivity contribution in [3.63, 3.8) is 0 Å². The van der Waals surface area contributed by atoms with Gasteiger partial charge < -0.3 is 5.32 Å². The van der Waals surface area contributed by atoms with Crippen molar-refractivity contribution in [2.75, 3.05) is 5.32 Å². The van der Waals surface area contributed by atoms with E-state index in [4.69, 9.17) is 11.6 Å². The Labute approximate surface area is 126 Å². The van der Waals surface area contributed by atoms with Crippen molar-refractivity contribution < 1.29 is 9.72 Å². The van der Waals surface area contributed by atoms with Crippen LogP contribution in [0.3, 0.4) is 0 Å². The number of anilines is 1. The van der Waals surface area contributed by atoms with Crippen LogP contribution in [0.4, 0.5) is 11.5 Å². The molecule has 2 aromatic heterocycles. The largest absolute Gasteiger partial charge is 0.319 e. The van der Waals surface area contributed by atoms with Gasteiger partial charge in [-0.1, -0.05) is 11.6 Å². The lowest BCUT2D eigenvalue weighted by molar-refractivity contribution is -0.385. The molecule has 2 heterocycles. The van der Waals surface area contributed by atoms with Crippen LogP contribution < -0.4 is 5.32 Å². The molecule has 0 spiro atoms. The van der Waals surface area contributed by atoms with Gasteiger partial charge in [-0.3, -0.25) is 14.9 Å². The summed E-state index contributed by atoms with van der Waals surface area (Å²) >= 11 is 8.85. The Morgan fingerprint density at radius 2 is 2.10 bits per heavy atom. The van der Waals surface area contributed by atoms with E-state index in [1.807, 2.05) is 0 Å². The third-order valence-electron chi connectivity index (χ3n) is 2.30. The third-order valence-corrected chi connectivity index (χ3v) is 3.21. The minimum Gasteiger partial charge on any atom is -0.305 e. The molecule has 1 N–H and O–H groups in total. The summed E-state index contributed by atoms with van der Waals surface area (Å²) in [6, 6.07) is 4.57. The minimum absolute atomic E-state index is 0.187. The zero-order chi connectivity index (χ0) is 14.7. The molecule has 0 saturated carbocycles. The number of aromatic nitrogens is 2. The average Bonchev–Trinajstić information content (AvgIpc) is 2.40. The van der Waals surface area contributed by atoms with Crippen LogP contribution in [0.1, 0.15) is 10.4 Å². The van der Waals surface area contributed by atoms with Crippen LogP contribution in [0.2, 0.25) is 5.15 Å². The van der Waals surface area contributed by atoms with Crippen LogP contribution >= 0.6 is 27.5 Å². The Hall–Kier alpha value is -2.06. The van der Waals surface area contributed by atoms with E-state index in [0.29, 0.717) is 4.47 Å². The molecule has 0 bridgehead atoms. The monoisotopic (exact) mass is 356 g/mol. The zero-order valence-corrected chi connectivity index (χ0v) is 12.1. The van der Waals surface area contributed by atoms with Gasteiger partial charge in [0.1, 0.15) is 11.4 Å². The van der Waals surface area contributed by atoms with E-state index >= 15 is 0 Å². The molecule has 0 fully saturated rings. The topological polar surface area (TPSA) is 98.0 Å². The lowest BCUT2D eigenvalue weighted by Crippen LogP contribution is -2.15. The average molecular weight is 358 g/mol. The molecule has 0 atom stereocenters. The van der Waals surface area contributed by atoms with Crippen molar-refractivity contribution in [3.8, 4) is 0 Å². The zero-order valence-electron chi connectivity index (χ0n) is 9.71. The second kappa shape index (κ2) is 5.93. The second-order valence-corrected chi connectivity index (χ2v) is 4.76. The van der Waals surface area contributed by atoms with Crippen LogP contribution in [-0.2, 0) is 0 Å². The fraction of sp³-hybridized carbons (Fsp3) is 0. The van der Waals surface area contributed by atoms with Crippen molar-refractivity contribution in [2.24, 2.45) is 0 Å². The number of carbonyl (C=O) groups is 1. The summed E-state index contributed by atoms with van der Waals surface area (Å²) in [5, 5.41) is 13.1. The molecule has 0 aliphatic heterocycles. The fourth-order valence-electron chi connectivity index (χ4n) is 1.44. The van der Waals surface area contributed by atoms with Gasteiger partial charge in [0.25, 0.3) is 5.91 Å². The highest BCUT2D eigenvalue weighted by molar-refractivity contribution is 9.10. The standard InChI is InChI=1S/C11H6BrClN4O3/c12-7-2-1-4-15-10(7)16-11(18)6-3-5-14-9(13)8(6)17(19)20/h1-5H,(H,15,16,18). The summed E-state index contributed by atoms with van der Waals surface area (Å²) in [6.07, 6.45) is 2.70. The summed E-state index contributed by atoms with van der Waals surface area (Å²) in [4.78, 5) is 29.8. The van der Waals surface area contributed by atoms with Crippen LogP contribution in [0.15, 0.2) is 35.1 Å². The molecule has 0 aliphatic carbocycles. The molecule has 7 nitrogen and oxygen atoms in total. The Kier molecular flexibility index (Phi) is 4.26. The highest BCUT2D eigenvalue weighted by atomic mass is 79.9. The summed E-state index contributed by atoms with van der Waals surface area (Å²) in [6.45, 7) is 0. The van der Waals surface area contributed by atoms with E-state index in [0.717, 1.165) is 0 Å². The van der Waals surface area contributed by atoms with Gasteiger partial charge in [-0.05, 0) is 34.1 Å². The lowest BCUT2D eigenvalue weighted by atomic mass is 10.2. The van der Waals surface area contributed by atoms with Gasteiger partial charge in [0.2, 0.25) is 5.15 Å². The van der Waals surface area contributed by atoms with E-state index in [1.165, 1.54) is 18.5 Å². The van der Waals surface area contributed by atoms with Gasteiger partial charge in [-0.2, -0.15) is 0 Å². The molecule has 0 aromatic carbocycles. The quantitative estimate of drug-likeness (QED) is 0.517. The van der Waals surface area contributed by atoms with Gasteiger partial charge in [0.05, 0.1) is 9.40 Å². The van der Waals surface area contributed by atoms with Crippen LogP contribution in [0.25, 0.3) is 0 Å². The lowest BCUT2D eigenvalue weighted by Gasteiger charge is -2.06. The first-order chi connectivity index (χ1) is 9.50. The van der Waals surface area contributed by atoms with Gasteiger partial charge in [0.15, 0.2) is 0 Å². The van der Waals surface area contributed by atoms with Gasteiger partial charge in [0, 0.05) is 12.4 Å². The maximum Gasteiger partial charge on any atom is 0.319 e. The predicted molar refractivity (Wildman–Crippen MR) is 75.8 cm³/mol. The number of rotatable bonds is 3. The Morgan fingerprint density at radius 1 is 1.35 bits per heavy atom. The number of nitrogens with zero attached hydrogens (tertiary/aromatic N) is 3. The summed E-state index contributed by atoms with van der Waals surface area (Å²) < 4.78 is 0.552. The second-order valence-electron chi connectivity index (χ2n) is 3.54. The first-order valence-corrected chi connectivity index (χ1v) is 6.38. The Morgan fingerprint density at radius 3 is 2.75 bits per heavy atom. The first kappa shape index (κ1) is 14.4. The van der Waals surface area contributed by atoms with Crippen LogP contribution in [-0.4, -0.2) is 20.8 Å². The van der Waals surface area contributed by atoms with Gasteiger partial charge >= 0.3 is 5.69 Å². The van der Waals surface area contributed by atoms with E-state index in [1.54, 1.807) is 12.1 Å². The number of amides is 1. The molecule has 0 aliphatic rings. The number of pyridine rings is 2. The van der Waals surface area contributed by atoms with Crippen molar-refractivity contribution >= 4 is 44.9 Å². The fourth-order valence-corrected chi connectivity index (χ4v) is 2.02. The van der Waals surface area contributed by atoms with Crippen molar-refractivity contribution in [1.82, 2.24) is 9.97 Å². The number of nitro groups is 1. The van der Waals surface area contributed by atoms with Crippen molar-refractivity contribution in [2.45, 2.75) is 0 Å². The number of hydrogen-bond donors (Lipinski definition) is 1. The Balaban J connectivity index is 2.38. The predicted octanol–water partition coefficient (Wildman–Crippen LogP) is 3.05. The van der Waals surface area contributed by atoms with Gasteiger partial charge in [-0.25, -0.2) is 9.97 Å². The molecule has 2 rings (SSSR count). The molecular formula is C11H6BrClN4O3. The molecule has 0 saturated heterocycles. The SMILES string of the molecule is O=C(Nc1ncccc1Br)c1ccnc(Cl)c1[N+](=O)[O-]. The smallest absolute Gasteiger partial charge is 0.305 e. The maximum absolute atomic E-state index is 12.1. The molecule has 0 unspecified atom stereocenters. The minimum atomic E-state index is -0.752. The molecule has 0 radical (unpaired) electrons. The molecule has 102 valence electrons. The number of nitrogens with one attached hydrogen (secondary N) is 1. The van der Waals surface area contributed by atoms with Gasteiger partial charge in [-0.15, -0.1) is 0 Å². The number of halogens is 2. The highest BCUT2D eigenvalue weighted by Crippen LogP contribution is 2.27. The van der Waals surface area contributed by atoms with E-state index in [9.17, 15) is 14.9 Å². The molecular weight excluding hydrogens is 352 g/mol. The van der Waals surface area contributed by atoms with Crippen LogP contribution in [0, 0.1) is 10.1 Å². The number of hydrogen-bond acceptors (Lipinski definition) is 5. The van der Waals surface area contributed by atoms with Crippen molar-refractivity contribution in [1.29, 1.82) is 0 Å². The molecule has 9 heteroatoms. The maximum atomic E-state index is 12.1. The Bertz CT molecular complexity index is 695. The normalized spacial score (nSPS) is 10.1. The highest BCUT2D eigenvalue weighted by Gasteiger charge is 2.25. The molecule has 1 amide bonds. The van der Waals surface area contributed by atoms with Crippen molar-refractivity contribution in [3.05, 3.63) is 55.9 Å². The summed E-state index contributed by atoms with van der Waals surface area (Å²) in [7, 11) is 0. The molecule has 20 heavy (non-hydrogen) atoms. The summed E-state index contributed by atoms with van der Waals surface area (Å²) in [5.41, 5.74) is -0.730.